The molecule has 0 aliphatic heterocycles. The van der Waals surface area contributed by atoms with Gasteiger partial charge in [-0.25, -0.2) is 4.98 Å². The fraction of sp³-hybridized carbons (Fsp3) is 0.200. The van der Waals surface area contributed by atoms with Gasteiger partial charge in [-0.05, 0) is 12.5 Å². The number of benzene rings is 1. The Morgan fingerprint density at radius 1 is 1.28 bits per heavy atom. The molecule has 0 aliphatic carbocycles. The summed E-state index contributed by atoms with van der Waals surface area (Å²) in [7, 11) is 0. The minimum atomic E-state index is -4.66. The third kappa shape index (κ3) is 4.03. The maximum absolute atomic E-state index is 12.5. The van der Waals surface area contributed by atoms with Gasteiger partial charge >= 0.3 is 12.1 Å². The van der Waals surface area contributed by atoms with E-state index in [0.29, 0.717) is 11.4 Å². The molecule has 2 aromatic heterocycles. The molecule has 0 fully saturated rings. The number of oxime groups is 1. The quantitative estimate of drug-likeness (QED) is 0.409. The summed E-state index contributed by atoms with van der Waals surface area (Å²) in [5.41, 5.74) is 1.19. The van der Waals surface area contributed by atoms with E-state index in [1.807, 2.05) is 0 Å². The van der Waals surface area contributed by atoms with Crippen molar-refractivity contribution in [1.29, 1.82) is 0 Å². The van der Waals surface area contributed by atoms with Gasteiger partial charge in [0.2, 0.25) is 5.82 Å². The minimum Gasteiger partial charge on any atom is -0.389 e. The number of nitrogens with zero attached hydrogens (tertiary/aromatic N) is 5. The molecule has 0 saturated carbocycles. The van der Waals surface area contributed by atoms with E-state index in [4.69, 9.17) is 4.84 Å². The predicted molar refractivity (Wildman–Crippen MR) is 80.3 cm³/mol. The third-order valence-corrected chi connectivity index (χ3v) is 3.19. The molecule has 7 nitrogen and oxygen atoms in total. The smallest absolute Gasteiger partial charge is 0.389 e. The monoisotopic (exact) mass is 351 g/mol. The zero-order valence-corrected chi connectivity index (χ0v) is 12.9. The standard InChI is InChI=1S/C15H12F3N5O2/c1-10(23-7-6-19-9-23)21-24-8-11-2-4-12(5-3-11)13-20-14(25-22-13)15(16,17)18/h2-7,9H,8H2,1H3/b21-10-. The van der Waals surface area contributed by atoms with E-state index in [1.54, 1.807) is 54.5 Å². The van der Waals surface area contributed by atoms with E-state index < -0.39 is 12.1 Å². The van der Waals surface area contributed by atoms with E-state index in [1.165, 1.54) is 0 Å². The van der Waals surface area contributed by atoms with Gasteiger partial charge < -0.3 is 9.36 Å². The number of rotatable bonds is 4. The average Bonchev–Trinajstić information content (AvgIpc) is 3.27. The van der Waals surface area contributed by atoms with Crippen LogP contribution in [0.2, 0.25) is 0 Å². The van der Waals surface area contributed by atoms with Gasteiger partial charge in [-0.1, -0.05) is 34.6 Å². The van der Waals surface area contributed by atoms with Gasteiger partial charge in [-0.3, -0.25) is 4.57 Å². The van der Waals surface area contributed by atoms with Crippen molar-refractivity contribution in [2.45, 2.75) is 19.7 Å². The van der Waals surface area contributed by atoms with Crippen molar-refractivity contribution >= 4 is 5.84 Å². The molecule has 1 aromatic carbocycles. The van der Waals surface area contributed by atoms with Crippen LogP contribution in [-0.4, -0.2) is 25.5 Å². The Balaban J connectivity index is 1.62. The van der Waals surface area contributed by atoms with Crippen molar-refractivity contribution in [3.8, 4) is 11.4 Å². The van der Waals surface area contributed by atoms with Crippen LogP contribution < -0.4 is 0 Å². The molecule has 0 amide bonds. The highest BCUT2D eigenvalue weighted by Gasteiger charge is 2.38. The number of halogens is 3. The summed E-state index contributed by atoms with van der Waals surface area (Å²) in [6.07, 6.45) is 0.290. The Labute approximate surface area is 139 Å². The van der Waals surface area contributed by atoms with Crippen molar-refractivity contribution in [2.24, 2.45) is 5.16 Å². The Morgan fingerprint density at radius 3 is 2.64 bits per heavy atom. The van der Waals surface area contributed by atoms with E-state index >= 15 is 0 Å². The number of hydrogen-bond acceptors (Lipinski definition) is 6. The highest BCUT2D eigenvalue weighted by atomic mass is 19.4. The Morgan fingerprint density at radius 2 is 2.04 bits per heavy atom. The molecule has 3 rings (SSSR count). The predicted octanol–water partition coefficient (Wildman–Crippen LogP) is 3.35. The van der Waals surface area contributed by atoms with Gasteiger partial charge in [0.25, 0.3) is 0 Å². The number of hydrogen-bond donors (Lipinski definition) is 0. The average molecular weight is 351 g/mol. The second-order valence-electron chi connectivity index (χ2n) is 5.00. The maximum atomic E-state index is 12.5. The molecule has 3 aromatic rings. The van der Waals surface area contributed by atoms with Crippen molar-refractivity contribution in [3.63, 3.8) is 0 Å². The molecule has 25 heavy (non-hydrogen) atoms. The summed E-state index contributed by atoms with van der Waals surface area (Å²) in [6.45, 7) is 1.96. The molecule has 0 bridgehead atoms. The van der Waals surface area contributed by atoms with Gasteiger partial charge in [0.15, 0.2) is 5.84 Å². The van der Waals surface area contributed by atoms with Crippen LogP contribution >= 0.6 is 0 Å². The molecule has 2 heterocycles. The largest absolute Gasteiger partial charge is 0.471 e. The zero-order valence-electron chi connectivity index (χ0n) is 12.9. The van der Waals surface area contributed by atoms with E-state index in [0.717, 1.165) is 5.56 Å². The van der Waals surface area contributed by atoms with Crippen LogP contribution in [-0.2, 0) is 17.6 Å². The lowest BCUT2D eigenvalue weighted by molar-refractivity contribution is -0.159. The first-order valence-corrected chi connectivity index (χ1v) is 7.08. The third-order valence-electron chi connectivity index (χ3n) is 3.19. The molecule has 0 aliphatic rings. The van der Waals surface area contributed by atoms with Crippen LogP contribution in [0.15, 0.2) is 52.7 Å². The van der Waals surface area contributed by atoms with Gasteiger partial charge in [-0.15, -0.1) is 0 Å². The normalized spacial score (nSPS) is 12.4. The molecule has 0 radical (unpaired) electrons. The first kappa shape index (κ1) is 16.7. The van der Waals surface area contributed by atoms with E-state index in [2.05, 4.69) is 24.8 Å². The first-order valence-electron chi connectivity index (χ1n) is 7.08. The summed E-state index contributed by atoms with van der Waals surface area (Å²) in [4.78, 5) is 12.5. The second kappa shape index (κ2) is 6.75. The highest BCUT2D eigenvalue weighted by molar-refractivity contribution is 5.81. The summed E-state index contributed by atoms with van der Waals surface area (Å²) < 4.78 is 43.3. The van der Waals surface area contributed by atoms with Crippen molar-refractivity contribution in [2.75, 3.05) is 0 Å². The lowest BCUT2D eigenvalue weighted by atomic mass is 10.1. The second-order valence-corrected chi connectivity index (χ2v) is 5.00. The Bertz CT molecular complexity index is 854. The lowest BCUT2D eigenvalue weighted by Gasteiger charge is -2.03. The molecular weight excluding hydrogens is 339 g/mol. The van der Waals surface area contributed by atoms with Gasteiger partial charge in [0.1, 0.15) is 12.9 Å². The number of imidazole rings is 1. The van der Waals surface area contributed by atoms with Crippen molar-refractivity contribution < 1.29 is 22.5 Å². The molecule has 10 heteroatoms. The van der Waals surface area contributed by atoms with Crippen LogP contribution in [0.4, 0.5) is 13.2 Å². The summed E-state index contributed by atoms with van der Waals surface area (Å²) in [5, 5.41) is 7.28. The molecular formula is C15H12F3N5O2. The first-order chi connectivity index (χ1) is 11.9. The van der Waals surface area contributed by atoms with Crippen molar-refractivity contribution in [3.05, 3.63) is 54.4 Å². The topological polar surface area (TPSA) is 78.3 Å². The molecule has 0 N–H and O–H groups in total. The van der Waals surface area contributed by atoms with Crippen LogP contribution in [0.25, 0.3) is 11.4 Å². The van der Waals surface area contributed by atoms with E-state index in [-0.39, 0.29) is 12.4 Å². The van der Waals surface area contributed by atoms with Gasteiger partial charge in [0.05, 0.1) is 0 Å². The SMILES string of the molecule is C/C(=N/OCc1ccc(-c2noc(C(F)(F)F)n2)cc1)n1ccnc1. The van der Waals surface area contributed by atoms with Gasteiger partial charge in [-0.2, -0.15) is 18.2 Å². The summed E-state index contributed by atoms with van der Waals surface area (Å²) >= 11 is 0. The summed E-state index contributed by atoms with van der Waals surface area (Å²) in [5.74, 6) is -0.895. The molecule has 0 saturated heterocycles. The zero-order chi connectivity index (χ0) is 17.9. The summed E-state index contributed by atoms with van der Waals surface area (Å²) in [6, 6.07) is 6.52. The molecule has 0 spiro atoms. The number of alkyl halides is 3. The van der Waals surface area contributed by atoms with Crippen LogP contribution in [0.3, 0.4) is 0 Å². The highest BCUT2D eigenvalue weighted by Crippen LogP contribution is 2.29. The van der Waals surface area contributed by atoms with Crippen LogP contribution in [0.1, 0.15) is 18.4 Å². The molecule has 0 atom stereocenters. The van der Waals surface area contributed by atoms with Gasteiger partial charge in [0, 0.05) is 18.0 Å². The van der Waals surface area contributed by atoms with E-state index in [9.17, 15) is 13.2 Å². The number of aromatic nitrogens is 4. The minimum absolute atomic E-state index is 0.131. The fourth-order valence-electron chi connectivity index (χ4n) is 1.90. The Hall–Kier alpha value is -3.17. The fourth-order valence-corrected chi connectivity index (χ4v) is 1.90. The molecule has 0 unspecified atom stereocenters. The Kier molecular flexibility index (Phi) is 4.50. The lowest BCUT2D eigenvalue weighted by Crippen LogP contribution is -2.05. The maximum Gasteiger partial charge on any atom is 0.471 e. The molecule has 130 valence electrons. The van der Waals surface area contributed by atoms with Crippen molar-refractivity contribution in [1.82, 2.24) is 19.7 Å². The van der Waals surface area contributed by atoms with Crippen LogP contribution in [0.5, 0.6) is 0 Å². The van der Waals surface area contributed by atoms with Crippen LogP contribution in [0, 0.1) is 0 Å².